The Balaban J connectivity index is 2.31. The summed E-state index contributed by atoms with van der Waals surface area (Å²) in [6.45, 7) is 2.99. The molecule has 0 radical (unpaired) electrons. The predicted molar refractivity (Wildman–Crippen MR) is 73.1 cm³/mol. The molecule has 4 N–H and O–H groups in total. The Bertz CT molecular complexity index is 248. The van der Waals surface area contributed by atoms with E-state index in [1.165, 1.54) is 0 Å². The molecule has 1 aliphatic rings. The Labute approximate surface area is 110 Å². The highest BCUT2D eigenvalue weighted by Crippen LogP contribution is 2.31. The van der Waals surface area contributed by atoms with Crippen molar-refractivity contribution < 1.29 is 9.90 Å². The van der Waals surface area contributed by atoms with Gasteiger partial charge < -0.3 is 16.2 Å². The summed E-state index contributed by atoms with van der Waals surface area (Å²) in [5, 5.41) is 12.6. The highest BCUT2D eigenvalue weighted by Gasteiger charge is 2.34. The van der Waals surface area contributed by atoms with Gasteiger partial charge in [0.2, 0.25) is 5.91 Å². The lowest BCUT2D eigenvalue weighted by atomic mass is 9.77. The fourth-order valence-electron chi connectivity index (χ4n) is 2.60. The fraction of sp³-hybridized carbons (Fsp3) is 0.929. The van der Waals surface area contributed by atoms with Gasteiger partial charge in [-0.25, -0.2) is 0 Å². The molecule has 1 amide bonds. The summed E-state index contributed by atoms with van der Waals surface area (Å²) in [5.74, 6) is 0.793. The number of carbonyl (C=O) groups is 1. The maximum Gasteiger partial charge on any atom is 0.220 e. The first kappa shape index (κ1) is 15.4. The third-order valence-electron chi connectivity index (χ3n) is 4.05. The van der Waals surface area contributed by atoms with E-state index in [4.69, 9.17) is 5.73 Å². The molecule has 18 heavy (non-hydrogen) atoms. The van der Waals surface area contributed by atoms with Crippen molar-refractivity contribution in [3.05, 3.63) is 0 Å². The van der Waals surface area contributed by atoms with Gasteiger partial charge in [0.05, 0.1) is 12.1 Å². The van der Waals surface area contributed by atoms with Crippen LogP contribution in [0.15, 0.2) is 0 Å². The minimum Gasteiger partial charge on any atom is -0.394 e. The summed E-state index contributed by atoms with van der Waals surface area (Å²) >= 11 is 0. The van der Waals surface area contributed by atoms with Gasteiger partial charge in [0.1, 0.15) is 0 Å². The van der Waals surface area contributed by atoms with Crippen LogP contribution in [0.3, 0.4) is 0 Å². The number of aliphatic hydroxyl groups excluding tert-OH is 1. The van der Waals surface area contributed by atoms with Gasteiger partial charge in [0.25, 0.3) is 0 Å². The minimum atomic E-state index is -0.350. The lowest BCUT2D eigenvalue weighted by molar-refractivity contribution is -0.124. The number of nitrogens with two attached hydrogens (primary N) is 1. The second-order valence-corrected chi connectivity index (χ2v) is 5.77. The quantitative estimate of drug-likeness (QED) is 0.605. The van der Waals surface area contributed by atoms with Crippen molar-refractivity contribution in [2.24, 2.45) is 11.7 Å². The zero-order valence-corrected chi connectivity index (χ0v) is 11.6. The molecule has 0 saturated heterocycles. The molecule has 1 fully saturated rings. The average Bonchev–Trinajstić information content (AvgIpc) is 2.38. The molecule has 106 valence electrons. The summed E-state index contributed by atoms with van der Waals surface area (Å²) < 4.78 is 0. The molecule has 0 aromatic rings. The molecular formula is C14H28N2O2. The van der Waals surface area contributed by atoms with Crippen molar-refractivity contribution in [2.45, 2.75) is 63.8 Å². The van der Waals surface area contributed by atoms with Crippen LogP contribution in [0.5, 0.6) is 0 Å². The summed E-state index contributed by atoms with van der Waals surface area (Å²) in [5.41, 5.74) is 5.07. The number of unbranched alkanes of at least 4 members (excludes halogenated alkanes) is 2. The van der Waals surface area contributed by atoms with Crippen LogP contribution in [0.1, 0.15) is 58.3 Å². The first-order valence-electron chi connectivity index (χ1n) is 7.24. The van der Waals surface area contributed by atoms with E-state index in [0.29, 0.717) is 18.9 Å². The summed E-state index contributed by atoms with van der Waals surface area (Å²) in [7, 11) is 0. The molecule has 0 heterocycles. The lowest BCUT2D eigenvalue weighted by Crippen LogP contribution is -2.53. The molecule has 1 aliphatic carbocycles. The van der Waals surface area contributed by atoms with Crippen molar-refractivity contribution in [1.82, 2.24) is 5.32 Å². The Hall–Kier alpha value is -0.610. The standard InChI is InChI=1S/C14H28N2O2/c1-12-6-8-14(11-17,9-7-12)16-13(18)5-3-2-4-10-15/h12,17H,2-11,15H2,1H3,(H,16,18). The summed E-state index contributed by atoms with van der Waals surface area (Å²) in [6, 6.07) is 0. The van der Waals surface area contributed by atoms with Crippen LogP contribution >= 0.6 is 0 Å². The maximum atomic E-state index is 11.9. The maximum absolute atomic E-state index is 11.9. The van der Waals surface area contributed by atoms with E-state index in [-0.39, 0.29) is 18.1 Å². The Kier molecular flexibility index (Phi) is 6.65. The van der Waals surface area contributed by atoms with E-state index in [2.05, 4.69) is 12.2 Å². The molecule has 1 rings (SSSR count). The molecule has 0 unspecified atom stereocenters. The highest BCUT2D eigenvalue weighted by molar-refractivity contribution is 5.76. The van der Waals surface area contributed by atoms with Gasteiger partial charge in [-0.3, -0.25) is 4.79 Å². The molecule has 0 spiro atoms. The first-order chi connectivity index (χ1) is 8.62. The summed E-state index contributed by atoms with van der Waals surface area (Å²) in [6.07, 6.45) is 7.42. The van der Waals surface area contributed by atoms with E-state index in [0.717, 1.165) is 44.9 Å². The van der Waals surface area contributed by atoms with E-state index in [9.17, 15) is 9.90 Å². The fourth-order valence-corrected chi connectivity index (χ4v) is 2.60. The van der Waals surface area contributed by atoms with Crippen LogP contribution < -0.4 is 11.1 Å². The van der Waals surface area contributed by atoms with Gasteiger partial charge >= 0.3 is 0 Å². The molecule has 0 aromatic carbocycles. The molecule has 4 heteroatoms. The van der Waals surface area contributed by atoms with E-state index < -0.39 is 0 Å². The average molecular weight is 256 g/mol. The molecule has 0 aromatic heterocycles. The van der Waals surface area contributed by atoms with Gasteiger partial charge in [-0.05, 0) is 51.0 Å². The molecule has 4 nitrogen and oxygen atoms in total. The van der Waals surface area contributed by atoms with E-state index >= 15 is 0 Å². The molecule has 0 atom stereocenters. The largest absolute Gasteiger partial charge is 0.394 e. The summed E-state index contributed by atoms with van der Waals surface area (Å²) in [4.78, 5) is 11.9. The van der Waals surface area contributed by atoms with Gasteiger partial charge in [-0.2, -0.15) is 0 Å². The number of rotatable bonds is 7. The van der Waals surface area contributed by atoms with Crippen LogP contribution in [0.4, 0.5) is 0 Å². The smallest absolute Gasteiger partial charge is 0.220 e. The monoisotopic (exact) mass is 256 g/mol. The number of hydrogen-bond donors (Lipinski definition) is 3. The van der Waals surface area contributed by atoms with Crippen molar-refractivity contribution in [1.29, 1.82) is 0 Å². The van der Waals surface area contributed by atoms with Gasteiger partial charge in [-0.1, -0.05) is 13.3 Å². The van der Waals surface area contributed by atoms with Gasteiger partial charge in [0.15, 0.2) is 0 Å². The van der Waals surface area contributed by atoms with E-state index in [1.54, 1.807) is 0 Å². The number of carbonyl (C=O) groups excluding carboxylic acids is 1. The van der Waals surface area contributed by atoms with Crippen LogP contribution in [0.2, 0.25) is 0 Å². The van der Waals surface area contributed by atoms with Gasteiger partial charge in [-0.15, -0.1) is 0 Å². The Morgan fingerprint density at radius 3 is 2.56 bits per heavy atom. The van der Waals surface area contributed by atoms with Gasteiger partial charge in [0, 0.05) is 6.42 Å². The first-order valence-corrected chi connectivity index (χ1v) is 7.24. The van der Waals surface area contributed by atoms with Crippen LogP contribution in [-0.4, -0.2) is 29.7 Å². The van der Waals surface area contributed by atoms with Crippen molar-refractivity contribution in [3.8, 4) is 0 Å². The van der Waals surface area contributed by atoms with Crippen LogP contribution in [0, 0.1) is 5.92 Å². The normalized spacial score (nSPS) is 28.1. The SMILES string of the molecule is CC1CCC(CO)(NC(=O)CCCCCN)CC1. The van der Waals surface area contributed by atoms with Crippen LogP contribution in [-0.2, 0) is 4.79 Å². The highest BCUT2D eigenvalue weighted by atomic mass is 16.3. The second kappa shape index (κ2) is 7.74. The number of nitrogens with one attached hydrogen (secondary N) is 1. The number of aliphatic hydroxyl groups is 1. The molecule has 0 bridgehead atoms. The number of hydrogen-bond acceptors (Lipinski definition) is 3. The predicted octanol–water partition coefficient (Wildman–Crippen LogP) is 1.56. The third-order valence-corrected chi connectivity index (χ3v) is 4.05. The second-order valence-electron chi connectivity index (χ2n) is 5.77. The topological polar surface area (TPSA) is 75.3 Å². The van der Waals surface area contributed by atoms with Crippen molar-refractivity contribution in [2.75, 3.05) is 13.2 Å². The molecule has 0 aliphatic heterocycles. The van der Waals surface area contributed by atoms with E-state index in [1.807, 2.05) is 0 Å². The zero-order valence-electron chi connectivity index (χ0n) is 11.6. The lowest BCUT2D eigenvalue weighted by Gasteiger charge is -2.38. The molecular weight excluding hydrogens is 228 g/mol. The third kappa shape index (κ3) is 4.94. The van der Waals surface area contributed by atoms with Crippen LogP contribution in [0.25, 0.3) is 0 Å². The molecule has 1 saturated carbocycles. The zero-order chi connectivity index (χ0) is 13.4. The number of amides is 1. The Morgan fingerprint density at radius 1 is 1.33 bits per heavy atom. The van der Waals surface area contributed by atoms with Crippen molar-refractivity contribution in [3.63, 3.8) is 0 Å². The van der Waals surface area contributed by atoms with Crippen molar-refractivity contribution >= 4 is 5.91 Å². The minimum absolute atomic E-state index is 0.0637. The Morgan fingerprint density at radius 2 is 2.00 bits per heavy atom.